The van der Waals surface area contributed by atoms with Crippen molar-refractivity contribution in [3.05, 3.63) is 41.5 Å². The first-order chi connectivity index (χ1) is 11.4. The molecule has 1 fully saturated rings. The van der Waals surface area contributed by atoms with Crippen molar-refractivity contribution in [2.75, 3.05) is 19.6 Å². The quantitative estimate of drug-likeness (QED) is 0.795. The number of nitrogens with one attached hydrogen (secondary N) is 2. The van der Waals surface area contributed by atoms with Crippen molar-refractivity contribution in [1.82, 2.24) is 25.6 Å². The van der Waals surface area contributed by atoms with E-state index in [0.717, 1.165) is 12.1 Å². The summed E-state index contributed by atoms with van der Waals surface area (Å²) in [6, 6.07) is 4.46. The van der Waals surface area contributed by atoms with Crippen LogP contribution in [0.3, 0.4) is 0 Å². The Morgan fingerprint density at radius 3 is 2.64 bits per heavy atom. The van der Waals surface area contributed by atoms with Crippen LogP contribution in [-0.4, -0.2) is 40.5 Å². The molecule has 1 aromatic carbocycles. The van der Waals surface area contributed by atoms with Crippen molar-refractivity contribution < 1.29 is 22.4 Å². The molecule has 0 unspecified atom stereocenters. The number of carbonyl (C=O) groups excluding carboxylic acids is 1. The number of rotatable bonds is 4. The predicted molar refractivity (Wildman–Crippen MR) is 82.3 cm³/mol. The molecule has 2 N–H and O–H groups in total. The molecule has 2 heterocycles. The Bertz CT molecular complexity index is 760. The molecule has 1 aliphatic rings. The zero-order chi connectivity index (χ0) is 17.3. The third kappa shape index (κ3) is 4.07. The van der Waals surface area contributed by atoms with Gasteiger partial charge in [-0.3, -0.25) is 4.79 Å². The third-order valence-corrected chi connectivity index (χ3v) is 3.62. The smallest absolute Gasteiger partial charge is 0.350 e. The number of nitrogens with zero attached hydrogens (tertiary/aromatic N) is 3. The van der Waals surface area contributed by atoms with Gasteiger partial charge in [0.2, 0.25) is 0 Å². The average Bonchev–Trinajstić information content (AvgIpc) is 2.90. The summed E-state index contributed by atoms with van der Waals surface area (Å²) in [5, 5.41) is 12.1. The molecular weight excluding hydrogens is 366 g/mol. The summed E-state index contributed by atoms with van der Waals surface area (Å²) < 4.78 is 53.8. The summed E-state index contributed by atoms with van der Waals surface area (Å²) in [4.78, 5) is 12.0. The number of hydrogen-bond donors (Lipinski definition) is 2. The number of carbonyl (C=O) groups is 1. The second kappa shape index (κ2) is 7.36. The molecular formula is C14H14ClF4N5O. The van der Waals surface area contributed by atoms with Crippen molar-refractivity contribution in [2.24, 2.45) is 5.92 Å². The second-order valence-electron chi connectivity index (χ2n) is 5.41. The Labute approximate surface area is 146 Å². The molecule has 0 saturated carbocycles. The van der Waals surface area contributed by atoms with Crippen LogP contribution in [0.2, 0.25) is 0 Å². The normalized spacial score (nSPS) is 14.6. The van der Waals surface area contributed by atoms with Crippen LogP contribution in [0.5, 0.6) is 0 Å². The van der Waals surface area contributed by atoms with Crippen LogP contribution in [0, 0.1) is 11.7 Å². The van der Waals surface area contributed by atoms with Crippen LogP contribution in [0.15, 0.2) is 24.3 Å². The molecule has 25 heavy (non-hydrogen) atoms. The van der Waals surface area contributed by atoms with Gasteiger partial charge < -0.3 is 10.6 Å². The van der Waals surface area contributed by atoms with Gasteiger partial charge in [0.25, 0.3) is 5.91 Å². The van der Waals surface area contributed by atoms with Gasteiger partial charge in [0.05, 0.1) is 5.69 Å². The lowest BCUT2D eigenvalue weighted by Crippen LogP contribution is -2.48. The number of aromatic nitrogens is 3. The van der Waals surface area contributed by atoms with Gasteiger partial charge in [-0.2, -0.15) is 13.2 Å². The number of alkyl halides is 3. The van der Waals surface area contributed by atoms with Gasteiger partial charge >= 0.3 is 6.18 Å². The summed E-state index contributed by atoms with van der Waals surface area (Å²) in [7, 11) is 0. The molecule has 11 heteroatoms. The maximum absolute atomic E-state index is 13.4. The van der Waals surface area contributed by atoms with Gasteiger partial charge in [0, 0.05) is 25.6 Å². The molecule has 6 nitrogen and oxygen atoms in total. The van der Waals surface area contributed by atoms with E-state index in [-0.39, 0.29) is 30.6 Å². The summed E-state index contributed by atoms with van der Waals surface area (Å²) in [6.45, 7) is 1.64. The fraction of sp³-hybridized carbons (Fsp3) is 0.357. The van der Waals surface area contributed by atoms with Crippen molar-refractivity contribution >= 4 is 18.3 Å². The third-order valence-electron chi connectivity index (χ3n) is 3.62. The first-order valence-corrected chi connectivity index (χ1v) is 7.14. The molecule has 3 rings (SSSR count). The standard InChI is InChI=1S/C14H13F4N5O.ClH/c15-9-2-1-3-10(4-9)23-12(14(16,17)18)11(21-22-23)13(24)20-7-8-5-19-6-8;/h1-4,8,19H,5-7H2,(H,20,24);1H. The van der Waals surface area contributed by atoms with E-state index >= 15 is 0 Å². The van der Waals surface area contributed by atoms with Gasteiger partial charge in [0.15, 0.2) is 11.4 Å². The van der Waals surface area contributed by atoms with Gasteiger partial charge in [-0.15, -0.1) is 17.5 Å². The van der Waals surface area contributed by atoms with E-state index in [2.05, 4.69) is 20.9 Å². The molecule has 1 aliphatic heterocycles. The maximum Gasteiger partial charge on any atom is 0.435 e. The van der Waals surface area contributed by atoms with E-state index in [1.165, 1.54) is 12.1 Å². The van der Waals surface area contributed by atoms with Gasteiger partial charge in [0.1, 0.15) is 5.82 Å². The molecule has 136 valence electrons. The highest BCUT2D eigenvalue weighted by molar-refractivity contribution is 5.93. The van der Waals surface area contributed by atoms with E-state index in [1.54, 1.807) is 0 Å². The largest absolute Gasteiger partial charge is 0.435 e. The van der Waals surface area contributed by atoms with E-state index < -0.39 is 29.3 Å². The Hall–Kier alpha value is -2.20. The molecule has 1 amide bonds. The molecule has 0 radical (unpaired) electrons. The highest BCUT2D eigenvalue weighted by Gasteiger charge is 2.42. The topological polar surface area (TPSA) is 71.8 Å². The second-order valence-corrected chi connectivity index (χ2v) is 5.41. The number of amides is 1. The summed E-state index contributed by atoms with van der Waals surface area (Å²) in [5.74, 6) is -1.50. The predicted octanol–water partition coefficient (Wildman–Crippen LogP) is 1.80. The first-order valence-electron chi connectivity index (χ1n) is 7.14. The molecule has 1 aromatic heterocycles. The number of halogens is 5. The number of hydrogen-bond acceptors (Lipinski definition) is 4. The molecule has 0 atom stereocenters. The van der Waals surface area contributed by atoms with Gasteiger partial charge in [-0.05, 0) is 18.2 Å². The zero-order valence-electron chi connectivity index (χ0n) is 12.7. The van der Waals surface area contributed by atoms with Crippen molar-refractivity contribution in [3.8, 4) is 5.69 Å². The summed E-state index contributed by atoms with van der Waals surface area (Å²) >= 11 is 0. The molecule has 0 spiro atoms. The lowest BCUT2D eigenvalue weighted by Gasteiger charge is -2.26. The Kier molecular flexibility index (Phi) is 5.63. The highest BCUT2D eigenvalue weighted by atomic mass is 35.5. The molecule has 0 bridgehead atoms. The van der Waals surface area contributed by atoms with E-state index in [0.29, 0.717) is 17.8 Å². The summed E-state index contributed by atoms with van der Waals surface area (Å²) in [5.41, 5.74) is -2.34. The monoisotopic (exact) mass is 379 g/mol. The minimum absolute atomic E-state index is 0. The Balaban J connectivity index is 0.00000225. The van der Waals surface area contributed by atoms with Gasteiger partial charge in [-0.1, -0.05) is 11.3 Å². The van der Waals surface area contributed by atoms with E-state index in [1.807, 2.05) is 0 Å². The van der Waals surface area contributed by atoms with Crippen molar-refractivity contribution in [2.45, 2.75) is 6.18 Å². The SMILES string of the molecule is Cl.O=C(NCC1CNC1)c1nnn(-c2cccc(F)c2)c1C(F)(F)F. The van der Waals surface area contributed by atoms with Crippen LogP contribution in [0.25, 0.3) is 5.69 Å². The highest BCUT2D eigenvalue weighted by Crippen LogP contribution is 2.32. The number of benzene rings is 1. The lowest BCUT2D eigenvalue weighted by molar-refractivity contribution is -0.143. The van der Waals surface area contributed by atoms with Crippen LogP contribution in [-0.2, 0) is 6.18 Å². The fourth-order valence-corrected chi connectivity index (χ4v) is 2.29. The van der Waals surface area contributed by atoms with Crippen LogP contribution >= 0.6 is 12.4 Å². The Morgan fingerprint density at radius 2 is 2.08 bits per heavy atom. The van der Waals surface area contributed by atoms with E-state index in [9.17, 15) is 22.4 Å². The molecule has 1 saturated heterocycles. The Morgan fingerprint density at radius 1 is 1.36 bits per heavy atom. The van der Waals surface area contributed by atoms with E-state index in [4.69, 9.17) is 0 Å². The van der Waals surface area contributed by atoms with Crippen LogP contribution in [0.4, 0.5) is 17.6 Å². The van der Waals surface area contributed by atoms with Gasteiger partial charge in [-0.25, -0.2) is 9.07 Å². The van der Waals surface area contributed by atoms with Crippen molar-refractivity contribution in [3.63, 3.8) is 0 Å². The minimum atomic E-state index is -4.87. The average molecular weight is 380 g/mol. The van der Waals surface area contributed by atoms with Crippen molar-refractivity contribution in [1.29, 1.82) is 0 Å². The molecule has 2 aromatic rings. The van der Waals surface area contributed by atoms with Crippen LogP contribution in [0.1, 0.15) is 16.2 Å². The zero-order valence-corrected chi connectivity index (χ0v) is 13.5. The maximum atomic E-state index is 13.4. The minimum Gasteiger partial charge on any atom is -0.350 e. The lowest BCUT2D eigenvalue weighted by atomic mass is 10.0. The summed E-state index contributed by atoms with van der Waals surface area (Å²) in [6.07, 6.45) is -4.87. The fourth-order valence-electron chi connectivity index (χ4n) is 2.29. The van der Waals surface area contributed by atoms with Crippen LogP contribution < -0.4 is 10.6 Å². The first kappa shape index (κ1) is 19.1. The molecule has 0 aliphatic carbocycles.